The number of carbonyl (C=O) groups is 1. The molecule has 0 aliphatic rings. The van der Waals surface area contributed by atoms with Crippen LogP contribution in [0, 0.1) is 0 Å². The maximum absolute atomic E-state index is 11.9. The largest absolute Gasteiger partial charge is 0.325 e. The van der Waals surface area contributed by atoms with E-state index in [-0.39, 0.29) is 5.91 Å². The number of hydrogen-bond acceptors (Lipinski definition) is 4. The van der Waals surface area contributed by atoms with E-state index in [1.54, 1.807) is 11.3 Å². The number of amides is 1. The van der Waals surface area contributed by atoms with Gasteiger partial charge in [0.05, 0.1) is 18.1 Å². The molecule has 1 N–H and O–H groups in total. The third-order valence-electron chi connectivity index (χ3n) is 3.04. The molecule has 1 aromatic carbocycles. The van der Waals surface area contributed by atoms with Crippen LogP contribution in [0.15, 0.2) is 29.6 Å². The Morgan fingerprint density at radius 1 is 1.48 bits per heavy atom. The summed E-state index contributed by atoms with van der Waals surface area (Å²) in [5.74, 6) is 0.396. The number of aromatic nitrogens is 1. The second kappa shape index (κ2) is 7.54. The van der Waals surface area contributed by atoms with E-state index in [9.17, 15) is 4.79 Å². The van der Waals surface area contributed by atoms with Gasteiger partial charge in [0.1, 0.15) is 5.01 Å². The zero-order valence-electron chi connectivity index (χ0n) is 12.1. The third-order valence-corrected chi connectivity index (χ3v) is 4.25. The first-order valence-electron chi connectivity index (χ1n) is 6.71. The van der Waals surface area contributed by atoms with Crippen LogP contribution < -0.4 is 5.32 Å². The van der Waals surface area contributed by atoms with Gasteiger partial charge in [0.25, 0.3) is 0 Å². The highest BCUT2D eigenvalue weighted by Gasteiger charge is 2.08. The molecule has 0 bridgehead atoms. The Kier molecular flexibility index (Phi) is 5.73. The summed E-state index contributed by atoms with van der Waals surface area (Å²) < 4.78 is 0. The fourth-order valence-electron chi connectivity index (χ4n) is 1.79. The topological polar surface area (TPSA) is 45.2 Å². The van der Waals surface area contributed by atoms with Gasteiger partial charge in [-0.25, -0.2) is 4.98 Å². The number of thiazole rings is 1. The summed E-state index contributed by atoms with van der Waals surface area (Å²) >= 11 is 7.33. The molecule has 0 aliphatic heterocycles. The first-order valence-corrected chi connectivity index (χ1v) is 8.13. The van der Waals surface area contributed by atoms with Gasteiger partial charge in [-0.2, -0.15) is 0 Å². The van der Waals surface area contributed by atoms with Crippen LogP contribution >= 0.6 is 22.9 Å². The van der Waals surface area contributed by atoms with Crippen LogP contribution in [-0.4, -0.2) is 35.9 Å². The Morgan fingerprint density at radius 3 is 2.95 bits per heavy atom. The molecule has 6 heteroatoms. The van der Waals surface area contributed by atoms with Crippen molar-refractivity contribution >= 4 is 34.5 Å². The lowest BCUT2D eigenvalue weighted by Gasteiger charge is -2.13. The Morgan fingerprint density at radius 2 is 2.29 bits per heavy atom. The predicted octanol–water partition coefficient (Wildman–Crippen LogP) is 3.44. The molecule has 1 aromatic heterocycles. The van der Waals surface area contributed by atoms with Gasteiger partial charge >= 0.3 is 0 Å². The van der Waals surface area contributed by atoms with Gasteiger partial charge in [-0.15, -0.1) is 22.9 Å². The molecule has 0 unspecified atom stereocenters. The number of likely N-dealkylation sites (N-methyl/N-ethyl adjacent to an activating group) is 1. The van der Waals surface area contributed by atoms with Gasteiger partial charge in [-0.1, -0.05) is 19.1 Å². The summed E-state index contributed by atoms with van der Waals surface area (Å²) in [6, 6.07) is 7.70. The second-order valence-corrected chi connectivity index (χ2v) is 5.86. The third kappa shape index (κ3) is 4.52. The molecule has 2 rings (SSSR count). The van der Waals surface area contributed by atoms with Crippen LogP contribution in [0.4, 0.5) is 5.69 Å². The number of nitrogens with one attached hydrogen (secondary N) is 1. The van der Waals surface area contributed by atoms with E-state index in [2.05, 4.69) is 10.3 Å². The minimum atomic E-state index is -0.0166. The molecule has 0 spiro atoms. The predicted molar refractivity (Wildman–Crippen MR) is 88.9 cm³/mol. The number of benzene rings is 1. The molecule has 1 amide bonds. The van der Waals surface area contributed by atoms with Crippen molar-refractivity contribution in [3.8, 4) is 10.6 Å². The molecule has 4 nitrogen and oxygen atoms in total. The molecule has 0 saturated carbocycles. The summed E-state index contributed by atoms with van der Waals surface area (Å²) in [6.07, 6.45) is 0. The molecule has 0 radical (unpaired) electrons. The lowest BCUT2D eigenvalue weighted by molar-refractivity contribution is -0.117. The monoisotopic (exact) mass is 323 g/mol. The van der Waals surface area contributed by atoms with Crippen LogP contribution in [-0.2, 0) is 10.7 Å². The number of carbonyl (C=O) groups excluding carboxylic acids is 1. The second-order valence-electron chi connectivity index (χ2n) is 4.74. The summed E-state index contributed by atoms with van der Waals surface area (Å²) in [5.41, 5.74) is 2.64. The molecular formula is C15H18ClN3OS. The molecule has 21 heavy (non-hydrogen) atoms. The zero-order chi connectivity index (χ0) is 15.2. The fraction of sp³-hybridized carbons (Fsp3) is 0.333. The summed E-state index contributed by atoms with van der Waals surface area (Å²) in [4.78, 5) is 18.3. The summed E-state index contributed by atoms with van der Waals surface area (Å²) in [6.45, 7) is 3.24. The number of hydrogen-bond donors (Lipinski definition) is 1. The van der Waals surface area contributed by atoms with E-state index < -0.39 is 0 Å². The maximum atomic E-state index is 11.9. The minimum Gasteiger partial charge on any atom is -0.325 e. The number of halogens is 1. The highest BCUT2D eigenvalue weighted by atomic mass is 35.5. The number of nitrogens with zero attached hydrogens (tertiary/aromatic N) is 2. The molecule has 2 aromatic rings. The van der Waals surface area contributed by atoms with E-state index >= 15 is 0 Å². The van der Waals surface area contributed by atoms with Crippen LogP contribution in [0.2, 0.25) is 0 Å². The van der Waals surface area contributed by atoms with E-state index in [0.29, 0.717) is 12.4 Å². The van der Waals surface area contributed by atoms with Crippen molar-refractivity contribution in [1.82, 2.24) is 9.88 Å². The Labute approximate surface area is 133 Å². The van der Waals surface area contributed by atoms with Gasteiger partial charge in [-0.3, -0.25) is 9.69 Å². The van der Waals surface area contributed by atoms with E-state index in [1.165, 1.54) is 0 Å². The normalized spacial score (nSPS) is 10.9. The van der Waals surface area contributed by atoms with E-state index in [0.717, 1.165) is 28.5 Å². The van der Waals surface area contributed by atoms with Crippen molar-refractivity contribution in [3.05, 3.63) is 35.3 Å². The SMILES string of the molecule is CCN(C)CC(=O)Nc1cccc(-c2nc(CCl)cs2)c1. The summed E-state index contributed by atoms with van der Waals surface area (Å²) in [7, 11) is 1.92. The molecule has 0 fully saturated rings. The average Bonchev–Trinajstić information content (AvgIpc) is 2.96. The summed E-state index contributed by atoms with van der Waals surface area (Å²) in [5, 5.41) is 5.77. The number of anilines is 1. The zero-order valence-corrected chi connectivity index (χ0v) is 13.7. The Balaban J connectivity index is 2.09. The maximum Gasteiger partial charge on any atom is 0.238 e. The van der Waals surface area contributed by atoms with E-state index in [1.807, 2.05) is 48.5 Å². The van der Waals surface area contributed by atoms with E-state index in [4.69, 9.17) is 11.6 Å². The quantitative estimate of drug-likeness (QED) is 0.828. The van der Waals surface area contributed by atoms with Gasteiger partial charge in [0.2, 0.25) is 5.91 Å². The van der Waals surface area contributed by atoms with Crippen molar-refractivity contribution in [2.75, 3.05) is 25.5 Å². The van der Waals surface area contributed by atoms with Crippen LogP contribution in [0.5, 0.6) is 0 Å². The standard InChI is InChI=1S/C15H18ClN3OS/c1-3-19(2)9-14(20)17-12-6-4-5-11(7-12)15-18-13(8-16)10-21-15/h4-7,10H,3,8-9H2,1-2H3,(H,17,20). The van der Waals surface area contributed by atoms with Crippen molar-refractivity contribution in [1.29, 1.82) is 0 Å². The Bertz CT molecular complexity index is 614. The Hall–Kier alpha value is -1.43. The highest BCUT2D eigenvalue weighted by Crippen LogP contribution is 2.26. The molecule has 112 valence electrons. The molecule has 1 heterocycles. The van der Waals surface area contributed by atoms with Crippen molar-refractivity contribution in [2.45, 2.75) is 12.8 Å². The number of rotatable bonds is 6. The van der Waals surface area contributed by atoms with Gasteiger partial charge in [0.15, 0.2) is 0 Å². The minimum absolute atomic E-state index is 0.0166. The first kappa shape index (κ1) is 15.9. The average molecular weight is 324 g/mol. The van der Waals surface area contributed by atoms with Gasteiger partial charge < -0.3 is 5.32 Å². The lowest BCUT2D eigenvalue weighted by atomic mass is 10.2. The van der Waals surface area contributed by atoms with Crippen molar-refractivity contribution in [3.63, 3.8) is 0 Å². The fourth-order valence-corrected chi connectivity index (χ4v) is 2.83. The number of alkyl halides is 1. The highest BCUT2D eigenvalue weighted by molar-refractivity contribution is 7.13. The molecule has 0 aliphatic carbocycles. The smallest absolute Gasteiger partial charge is 0.238 e. The van der Waals surface area contributed by atoms with Crippen LogP contribution in [0.1, 0.15) is 12.6 Å². The molecule has 0 saturated heterocycles. The van der Waals surface area contributed by atoms with Gasteiger partial charge in [-0.05, 0) is 25.7 Å². The van der Waals surface area contributed by atoms with Crippen LogP contribution in [0.3, 0.4) is 0 Å². The van der Waals surface area contributed by atoms with Crippen LogP contribution in [0.25, 0.3) is 10.6 Å². The van der Waals surface area contributed by atoms with Gasteiger partial charge in [0, 0.05) is 16.6 Å². The lowest BCUT2D eigenvalue weighted by Crippen LogP contribution is -2.29. The molecular weight excluding hydrogens is 306 g/mol. The van der Waals surface area contributed by atoms with Crippen molar-refractivity contribution in [2.24, 2.45) is 0 Å². The first-order chi connectivity index (χ1) is 10.1. The van der Waals surface area contributed by atoms with Crippen molar-refractivity contribution < 1.29 is 4.79 Å². The molecule has 0 atom stereocenters.